The van der Waals surface area contributed by atoms with Crippen LogP contribution in [0.2, 0.25) is 0 Å². The Kier molecular flexibility index (Phi) is 4.35. The van der Waals surface area contributed by atoms with Gasteiger partial charge in [-0.3, -0.25) is 4.90 Å². The van der Waals surface area contributed by atoms with Crippen molar-refractivity contribution in [3.63, 3.8) is 0 Å². The van der Waals surface area contributed by atoms with Gasteiger partial charge in [-0.2, -0.15) is 0 Å². The van der Waals surface area contributed by atoms with E-state index in [1.54, 1.807) is 0 Å². The Morgan fingerprint density at radius 2 is 1.72 bits per heavy atom. The molecule has 1 aliphatic rings. The van der Waals surface area contributed by atoms with Crippen molar-refractivity contribution in [1.82, 2.24) is 4.90 Å². The standard InChI is InChI=1S/C13H16BrF2NO/c1-8-5-17(6-9(2)18-8)7-11-12(15)3-10(14)4-13(11)16/h3-4,8-9H,5-7H2,1-2H3/t8-,9+. The summed E-state index contributed by atoms with van der Waals surface area (Å²) in [7, 11) is 0. The van der Waals surface area contributed by atoms with Crippen LogP contribution in [-0.4, -0.2) is 30.2 Å². The number of morpholine rings is 1. The Morgan fingerprint density at radius 1 is 1.22 bits per heavy atom. The van der Waals surface area contributed by atoms with Crippen molar-refractivity contribution in [3.05, 3.63) is 33.8 Å². The summed E-state index contributed by atoms with van der Waals surface area (Å²) in [4.78, 5) is 2.02. The van der Waals surface area contributed by atoms with Gasteiger partial charge >= 0.3 is 0 Å². The number of benzene rings is 1. The quantitative estimate of drug-likeness (QED) is 0.829. The van der Waals surface area contributed by atoms with E-state index in [0.717, 1.165) is 0 Å². The number of rotatable bonds is 2. The van der Waals surface area contributed by atoms with Crippen LogP contribution < -0.4 is 0 Å². The summed E-state index contributed by atoms with van der Waals surface area (Å²) in [6, 6.07) is 2.59. The molecule has 2 rings (SSSR count). The zero-order valence-corrected chi connectivity index (χ0v) is 12.0. The average Bonchev–Trinajstić information content (AvgIpc) is 2.22. The second-order valence-electron chi connectivity index (χ2n) is 4.80. The summed E-state index contributed by atoms with van der Waals surface area (Å²) >= 11 is 3.08. The monoisotopic (exact) mass is 319 g/mol. The van der Waals surface area contributed by atoms with Crippen molar-refractivity contribution in [2.75, 3.05) is 13.1 Å². The van der Waals surface area contributed by atoms with Crippen LogP contribution in [0.15, 0.2) is 16.6 Å². The van der Waals surface area contributed by atoms with Gasteiger partial charge in [-0.25, -0.2) is 8.78 Å². The molecule has 0 amide bonds. The molecule has 0 spiro atoms. The van der Waals surface area contributed by atoms with E-state index in [1.807, 2.05) is 18.7 Å². The van der Waals surface area contributed by atoms with E-state index in [1.165, 1.54) is 12.1 Å². The molecule has 0 saturated carbocycles. The summed E-state index contributed by atoms with van der Waals surface area (Å²) in [6.07, 6.45) is 0.186. The highest BCUT2D eigenvalue weighted by Gasteiger charge is 2.24. The zero-order valence-electron chi connectivity index (χ0n) is 10.4. The fraction of sp³-hybridized carbons (Fsp3) is 0.538. The molecule has 0 bridgehead atoms. The predicted molar refractivity (Wildman–Crippen MR) is 69.3 cm³/mol. The summed E-state index contributed by atoms with van der Waals surface area (Å²) < 4.78 is 33.5. The molecule has 2 nitrogen and oxygen atoms in total. The highest BCUT2D eigenvalue weighted by atomic mass is 79.9. The minimum absolute atomic E-state index is 0.0929. The highest BCUT2D eigenvalue weighted by molar-refractivity contribution is 9.10. The highest BCUT2D eigenvalue weighted by Crippen LogP contribution is 2.22. The van der Waals surface area contributed by atoms with Crippen molar-refractivity contribution >= 4 is 15.9 Å². The van der Waals surface area contributed by atoms with Gasteiger partial charge in [0, 0.05) is 29.7 Å². The van der Waals surface area contributed by atoms with E-state index in [4.69, 9.17) is 4.74 Å². The van der Waals surface area contributed by atoms with Crippen molar-refractivity contribution in [1.29, 1.82) is 0 Å². The first-order valence-electron chi connectivity index (χ1n) is 5.97. The third kappa shape index (κ3) is 3.28. The number of halogens is 3. The molecule has 1 saturated heterocycles. The fourth-order valence-corrected chi connectivity index (χ4v) is 2.76. The summed E-state index contributed by atoms with van der Waals surface area (Å²) in [5.41, 5.74) is 0.125. The lowest BCUT2D eigenvalue weighted by Gasteiger charge is -2.35. The van der Waals surface area contributed by atoms with E-state index >= 15 is 0 Å². The maximum absolute atomic E-state index is 13.7. The Labute approximate surface area is 114 Å². The number of nitrogens with zero attached hydrogens (tertiary/aromatic N) is 1. The lowest BCUT2D eigenvalue weighted by molar-refractivity contribution is -0.0709. The van der Waals surface area contributed by atoms with Crippen LogP contribution in [0.4, 0.5) is 8.78 Å². The average molecular weight is 320 g/mol. The molecule has 1 heterocycles. The molecular formula is C13H16BrF2NO. The Hall–Kier alpha value is -0.520. The van der Waals surface area contributed by atoms with Crippen molar-refractivity contribution in [2.24, 2.45) is 0 Å². The maximum atomic E-state index is 13.7. The first kappa shape index (κ1) is 13.9. The van der Waals surface area contributed by atoms with Gasteiger partial charge in [0.25, 0.3) is 0 Å². The van der Waals surface area contributed by atoms with Gasteiger partial charge in [0.15, 0.2) is 0 Å². The number of ether oxygens (including phenoxy) is 1. The molecule has 1 aromatic carbocycles. The molecule has 5 heteroatoms. The Bertz CT molecular complexity index is 408. The zero-order chi connectivity index (χ0) is 13.3. The molecular weight excluding hydrogens is 304 g/mol. The Balaban J connectivity index is 2.14. The van der Waals surface area contributed by atoms with Crippen LogP contribution >= 0.6 is 15.9 Å². The molecule has 18 heavy (non-hydrogen) atoms. The van der Waals surface area contributed by atoms with Gasteiger partial charge in [0.2, 0.25) is 0 Å². The summed E-state index contributed by atoms with van der Waals surface area (Å²) in [5.74, 6) is -1.01. The maximum Gasteiger partial charge on any atom is 0.131 e. The first-order valence-corrected chi connectivity index (χ1v) is 6.76. The van der Waals surface area contributed by atoms with Gasteiger partial charge in [-0.05, 0) is 26.0 Å². The molecule has 1 fully saturated rings. The fourth-order valence-electron chi connectivity index (χ4n) is 2.36. The minimum atomic E-state index is -0.506. The molecule has 0 N–H and O–H groups in total. The van der Waals surface area contributed by atoms with Gasteiger partial charge in [-0.1, -0.05) is 15.9 Å². The van der Waals surface area contributed by atoms with Gasteiger partial charge < -0.3 is 4.74 Å². The predicted octanol–water partition coefficient (Wildman–Crippen LogP) is 3.34. The van der Waals surface area contributed by atoms with E-state index in [2.05, 4.69) is 15.9 Å². The number of hydrogen-bond acceptors (Lipinski definition) is 2. The van der Waals surface area contributed by atoms with Gasteiger partial charge in [-0.15, -0.1) is 0 Å². The molecule has 100 valence electrons. The third-order valence-electron chi connectivity index (χ3n) is 2.98. The van der Waals surface area contributed by atoms with Crippen LogP contribution in [0.5, 0.6) is 0 Å². The minimum Gasteiger partial charge on any atom is -0.373 e. The van der Waals surface area contributed by atoms with Crippen LogP contribution in [0.25, 0.3) is 0 Å². The normalized spacial score (nSPS) is 25.4. The summed E-state index contributed by atoms with van der Waals surface area (Å²) in [5, 5.41) is 0. The van der Waals surface area contributed by atoms with Crippen LogP contribution in [0.3, 0.4) is 0 Å². The Morgan fingerprint density at radius 3 is 2.22 bits per heavy atom. The van der Waals surface area contributed by atoms with Crippen LogP contribution in [0.1, 0.15) is 19.4 Å². The van der Waals surface area contributed by atoms with Crippen molar-refractivity contribution in [2.45, 2.75) is 32.6 Å². The van der Waals surface area contributed by atoms with Crippen LogP contribution in [0, 0.1) is 11.6 Å². The largest absolute Gasteiger partial charge is 0.373 e. The number of hydrogen-bond donors (Lipinski definition) is 0. The molecule has 2 atom stereocenters. The molecule has 0 aromatic heterocycles. The SMILES string of the molecule is C[C@@H]1CN(Cc2c(F)cc(Br)cc2F)C[C@H](C)O1. The van der Waals surface area contributed by atoms with Crippen LogP contribution in [-0.2, 0) is 11.3 Å². The molecule has 0 aliphatic carbocycles. The lowest BCUT2D eigenvalue weighted by atomic mass is 10.1. The second-order valence-corrected chi connectivity index (χ2v) is 5.72. The lowest BCUT2D eigenvalue weighted by Crippen LogP contribution is -2.45. The van der Waals surface area contributed by atoms with E-state index in [0.29, 0.717) is 17.6 Å². The third-order valence-corrected chi connectivity index (χ3v) is 3.44. The summed E-state index contributed by atoms with van der Waals surface area (Å²) in [6.45, 7) is 5.61. The smallest absolute Gasteiger partial charge is 0.131 e. The second kappa shape index (κ2) is 5.63. The van der Waals surface area contributed by atoms with E-state index in [-0.39, 0.29) is 24.3 Å². The first-order chi connectivity index (χ1) is 8.45. The molecule has 1 aromatic rings. The molecule has 0 unspecified atom stereocenters. The van der Waals surface area contributed by atoms with Crippen molar-refractivity contribution < 1.29 is 13.5 Å². The van der Waals surface area contributed by atoms with E-state index in [9.17, 15) is 8.78 Å². The van der Waals surface area contributed by atoms with Crippen molar-refractivity contribution in [3.8, 4) is 0 Å². The van der Waals surface area contributed by atoms with Gasteiger partial charge in [0.1, 0.15) is 11.6 Å². The molecule has 0 radical (unpaired) electrons. The molecule has 1 aliphatic heterocycles. The van der Waals surface area contributed by atoms with Gasteiger partial charge in [0.05, 0.1) is 12.2 Å². The topological polar surface area (TPSA) is 12.5 Å². The van der Waals surface area contributed by atoms with E-state index < -0.39 is 11.6 Å².